The predicted octanol–water partition coefficient (Wildman–Crippen LogP) is 2.72. The Bertz CT molecular complexity index is 259. The van der Waals surface area contributed by atoms with Gasteiger partial charge in [-0.1, -0.05) is 11.6 Å². The largest absolute Gasteiger partial charge is 0.407 e. The molecule has 1 unspecified atom stereocenters. The lowest BCUT2D eigenvalue weighted by molar-refractivity contribution is -0.0655. The third-order valence-electron chi connectivity index (χ3n) is 3.47. The van der Waals surface area contributed by atoms with E-state index in [1.807, 2.05) is 0 Å². The van der Waals surface area contributed by atoms with Crippen molar-refractivity contribution >= 4 is 9.76 Å². The zero-order chi connectivity index (χ0) is 12.9. The summed E-state index contributed by atoms with van der Waals surface area (Å²) in [5.41, 5.74) is 1.40. The Hall–Kier alpha value is -0.163. The van der Waals surface area contributed by atoms with Gasteiger partial charge in [0.1, 0.15) is 0 Å². The third-order valence-corrected chi connectivity index (χ3v) is 4.78. The van der Waals surface area contributed by atoms with Gasteiger partial charge in [-0.25, -0.2) is 0 Å². The first-order valence-electron chi connectivity index (χ1n) is 6.14. The molecule has 3 nitrogen and oxygen atoms in total. The summed E-state index contributed by atoms with van der Waals surface area (Å²) in [6.07, 6.45) is 5.86. The molecule has 0 heterocycles. The van der Waals surface area contributed by atoms with E-state index in [0.29, 0.717) is 5.92 Å². The second kappa shape index (κ2) is 6.68. The molecule has 0 bridgehead atoms. The number of hydrogen-bond acceptors (Lipinski definition) is 3. The Morgan fingerprint density at radius 3 is 2.47 bits per heavy atom. The van der Waals surface area contributed by atoms with Crippen LogP contribution in [0.4, 0.5) is 0 Å². The fraction of sp³-hybridized carbons (Fsp3) is 0.846. The molecule has 0 saturated heterocycles. The van der Waals surface area contributed by atoms with Crippen molar-refractivity contribution < 1.29 is 13.9 Å². The Labute approximate surface area is 107 Å². The van der Waals surface area contributed by atoms with E-state index < -0.39 is 0 Å². The molecule has 0 aromatic heterocycles. The smallest absolute Gasteiger partial charge is 0.300 e. The molecular weight excluding hydrogens is 232 g/mol. The molecule has 0 aromatic rings. The van der Waals surface area contributed by atoms with E-state index in [4.69, 9.17) is 13.9 Å². The zero-order valence-corrected chi connectivity index (χ0v) is 12.6. The summed E-state index contributed by atoms with van der Waals surface area (Å²) in [5, 5.41) is 0. The van der Waals surface area contributed by atoms with Gasteiger partial charge in [0.15, 0.2) is 5.91 Å². The summed E-state index contributed by atoms with van der Waals surface area (Å²) in [6, 6.07) is 0. The molecule has 1 aliphatic rings. The van der Waals surface area contributed by atoms with E-state index >= 15 is 0 Å². The van der Waals surface area contributed by atoms with Gasteiger partial charge in [-0.3, -0.25) is 0 Å². The van der Waals surface area contributed by atoms with Gasteiger partial charge in [0.05, 0.1) is 5.60 Å². The van der Waals surface area contributed by atoms with Gasteiger partial charge < -0.3 is 13.9 Å². The average molecular weight is 256 g/mol. The zero-order valence-electron chi connectivity index (χ0n) is 11.6. The van der Waals surface area contributed by atoms with Gasteiger partial charge in [-0.2, -0.15) is 0 Å². The van der Waals surface area contributed by atoms with Gasteiger partial charge in [0.25, 0.3) is 9.76 Å². The van der Waals surface area contributed by atoms with Crippen LogP contribution in [-0.4, -0.2) is 35.5 Å². The maximum absolute atomic E-state index is 6.00. The van der Waals surface area contributed by atoms with E-state index in [0.717, 1.165) is 6.42 Å². The van der Waals surface area contributed by atoms with Crippen LogP contribution < -0.4 is 0 Å². The van der Waals surface area contributed by atoms with Crippen LogP contribution >= 0.6 is 0 Å². The van der Waals surface area contributed by atoms with E-state index in [9.17, 15) is 0 Å². The number of ether oxygens (including phenoxy) is 2. The number of methoxy groups -OCH3 is 2. The quantitative estimate of drug-likeness (QED) is 0.415. The van der Waals surface area contributed by atoms with Crippen LogP contribution in [0.3, 0.4) is 0 Å². The Kier molecular flexibility index (Phi) is 5.86. The Morgan fingerprint density at radius 2 is 2.00 bits per heavy atom. The minimum absolute atomic E-state index is 0.106. The molecule has 1 rings (SSSR count). The molecule has 0 aliphatic heterocycles. The molecule has 0 spiro atoms. The number of hydrogen-bond donors (Lipinski definition) is 0. The maximum Gasteiger partial charge on any atom is 0.300 e. The maximum atomic E-state index is 6.00. The molecule has 1 atom stereocenters. The highest BCUT2D eigenvalue weighted by molar-refractivity contribution is 6.28. The minimum Gasteiger partial charge on any atom is -0.407 e. The number of allylic oxidation sites excluding steroid dienone is 2. The lowest BCUT2D eigenvalue weighted by Crippen LogP contribution is -2.40. The SMILES string of the molecule is COC(OC)[Si]OC(C)(C)C1CC=C(C)CC1. The second-order valence-electron chi connectivity index (χ2n) is 5.15. The lowest BCUT2D eigenvalue weighted by atomic mass is 9.80. The van der Waals surface area contributed by atoms with E-state index in [-0.39, 0.29) is 21.3 Å². The average Bonchev–Trinajstić information content (AvgIpc) is 2.31. The van der Waals surface area contributed by atoms with Gasteiger partial charge >= 0.3 is 0 Å². The van der Waals surface area contributed by atoms with Crippen LogP contribution in [0.25, 0.3) is 0 Å². The summed E-state index contributed by atoms with van der Waals surface area (Å²) in [6.45, 7) is 6.54. The Balaban J connectivity index is 2.45. The molecule has 0 amide bonds. The topological polar surface area (TPSA) is 27.7 Å². The van der Waals surface area contributed by atoms with E-state index in [2.05, 4.69) is 26.8 Å². The van der Waals surface area contributed by atoms with E-state index in [1.54, 1.807) is 14.2 Å². The summed E-state index contributed by atoms with van der Waals surface area (Å²) in [5.74, 6) is 0.350. The van der Waals surface area contributed by atoms with Crippen molar-refractivity contribution in [3.8, 4) is 0 Å². The molecule has 0 saturated carbocycles. The summed E-state index contributed by atoms with van der Waals surface area (Å²) >= 11 is 0. The molecule has 0 N–H and O–H groups in total. The summed E-state index contributed by atoms with van der Waals surface area (Å²) in [7, 11) is 3.51. The highest BCUT2D eigenvalue weighted by Crippen LogP contribution is 2.33. The normalized spacial score (nSPS) is 21.8. The van der Waals surface area contributed by atoms with Gasteiger partial charge in [-0.05, 0) is 46.0 Å². The molecule has 0 aromatic carbocycles. The van der Waals surface area contributed by atoms with Crippen molar-refractivity contribution in [2.24, 2.45) is 5.92 Å². The van der Waals surface area contributed by atoms with Gasteiger partial charge in [0, 0.05) is 14.2 Å². The molecular formula is C13H24O3Si. The van der Waals surface area contributed by atoms with Crippen molar-refractivity contribution in [2.75, 3.05) is 14.2 Å². The van der Waals surface area contributed by atoms with E-state index in [1.165, 1.54) is 18.4 Å². The molecule has 0 fully saturated rings. The van der Waals surface area contributed by atoms with Crippen LogP contribution in [0, 0.1) is 5.92 Å². The fourth-order valence-electron chi connectivity index (χ4n) is 2.07. The number of rotatable bonds is 6. The van der Waals surface area contributed by atoms with Gasteiger partial charge in [0.2, 0.25) is 0 Å². The minimum atomic E-state index is -0.241. The van der Waals surface area contributed by atoms with Crippen LogP contribution in [0.1, 0.15) is 40.0 Å². The molecule has 1 aliphatic carbocycles. The molecule has 17 heavy (non-hydrogen) atoms. The van der Waals surface area contributed by atoms with Crippen molar-refractivity contribution in [1.29, 1.82) is 0 Å². The van der Waals surface area contributed by atoms with Crippen LogP contribution in [0.15, 0.2) is 11.6 Å². The second-order valence-corrected chi connectivity index (χ2v) is 6.06. The third kappa shape index (κ3) is 4.54. The van der Waals surface area contributed by atoms with Crippen molar-refractivity contribution in [3.05, 3.63) is 11.6 Å². The monoisotopic (exact) mass is 256 g/mol. The highest BCUT2D eigenvalue weighted by atomic mass is 28.2. The summed E-state index contributed by atoms with van der Waals surface area (Å²) < 4.78 is 16.3. The van der Waals surface area contributed by atoms with Crippen LogP contribution in [0.5, 0.6) is 0 Å². The predicted molar refractivity (Wildman–Crippen MR) is 69.8 cm³/mol. The van der Waals surface area contributed by atoms with Crippen molar-refractivity contribution in [1.82, 2.24) is 0 Å². The molecule has 98 valence electrons. The first-order valence-corrected chi connectivity index (χ1v) is 7.13. The standard InChI is InChI=1S/C13H24O3Si/c1-10-6-8-11(9-7-10)13(2,3)16-17-12(14-4)15-5/h6,11-12H,7-9H2,1-5H3. The lowest BCUT2D eigenvalue weighted by Gasteiger charge is -2.37. The highest BCUT2D eigenvalue weighted by Gasteiger charge is 2.31. The summed E-state index contributed by atoms with van der Waals surface area (Å²) in [4.78, 5) is 0. The molecule has 4 heteroatoms. The molecule has 2 radical (unpaired) electrons. The van der Waals surface area contributed by atoms with Crippen molar-refractivity contribution in [3.63, 3.8) is 0 Å². The van der Waals surface area contributed by atoms with Crippen molar-refractivity contribution in [2.45, 2.75) is 51.5 Å². The van der Waals surface area contributed by atoms with Gasteiger partial charge in [-0.15, -0.1) is 0 Å². The Morgan fingerprint density at radius 1 is 1.35 bits per heavy atom. The first kappa shape index (κ1) is 14.9. The fourth-order valence-corrected chi connectivity index (χ4v) is 2.83. The van der Waals surface area contributed by atoms with Crippen LogP contribution in [-0.2, 0) is 13.9 Å². The first-order chi connectivity index (χ1) is 7.99. The van der Waals surface area contributed by atoms with Crippen LogP contribution in [0.2, 0.25) is 0 Å².